The Labute approximate surface area is 255 Å². The number of halogens is 7. The maximum absolute atomic E-state index is 13.3. The fraction of sp³-hybridized carbons (Fsp3) is 0.107. The molecule has 0 radical (unpaired) electrons. The van der Waals surface area contributed by atoms with E-state index in [9.17, 15) is 31.1 Å². The van der Waals surface area contributed by atoms with Gasteiger partial charge in [-0.05, 0) is 61.7 Å². The molecular formula is C28H21ClF6N8O2. The molecule has 0 fully saturated rings. The molecule has 17 heteroatoms. The summed E-state index contributed by atoms with van der Waals surface area (Å²) in [4.78, 5) is 24.3. The predicted molar refractivity (Wildman–Crippen MR) is 156 cm³/mol. The molecule has 0 saturated heterocycles. The van der Waals surface area contributed by atoms with E-state index in [1.54, 1.807) is 30.3 Å². The van der Waals surface area contributed by atoms with Gasteiger partial charge in [0.15, 0.2) is 5.69 Å². The summed E-state index contributed by atoms with van der Waals surface area (Å²) in [6.45, 7) is 4.78. The average molecular weight is 651 g/mol. The number of carbonyl (C=O) groups is 1. The highest BCUT2D eigenvalue weighted by molar-refractivity contribution is 6.30. The molecule has 2 amide bonds. The molecule has 45 heavy (non-hydrogen) atoms. The quantitative estimate of drug-likeness (QED) is 0.114. The van der Waals surface area contributed by atoms with Gasteiger partial charge in [-0.1, -0.05) is 23.7 Å². The van der Waals surface area contributed by atoms with Crippen molar-refractivity contribution in [3.05, 3.63) is 95.2 Å². The minimum Gasteiger partial charge on any atom is -0.424 e. The van der Waals surface area contributed by atoms with E-state index in [0.717, 1.165) is 18.5 Å². The first-order valence-corrected chi connectivity index (χ1v) is 12.8. The summed E-state index contributed by atoms with van der Waals surface area (Å²) in [5.74, 6) is 0.598. The lowest BCUT2D eigenvalue weighted by Gasteiger charge is -2.15. The maximum Gasteiger partial charge on any atom is 0.435 e. The van der Waals surface area contributed by atoms with Crippen LogP contribution in [0, 0.1) is 0 Å². The van der Waals surface area contributed by atoms with Crippen molar-refractivity contribution in [2.24, 2.45) is 9.98 Å². The number of anilines is 2. The van der Waals surface area contributed by atoms with Gasteiger partial charge in [-0.3, -0.25) is 0 Å². The lowest BCUT2D eigenvalue weighted by atomic mass is 10.1. The van der Waals surface area contributed by atoms with Gasteiger partial charge in [-0.2, -0.15) is 31.4 Å². The fourth-order valence-electron chi connectivity index (χ4n) is 3.73. The van der Waals surface area contributed by atoms with Crippen molar-refractivity contribution < 1.29 is 35.9 Å². The third kappa shape index (κ3) is 8.38. The highest BCUT2D eigenvalue weighted by Gasteiger charge is 2.34. The van der Waals surface area contributed by atoms with Crippen molar-refractivity contribution >= 4 is 41.9 Å². The molecule has 0 atom stereocenters. The Hall–Kier alpha value is -5.38. The molecule has 4 N–H and O–H groups in total. The van der Waals surface area contributed by atoms with Gasteiger partial charge >= 0.3 is 24.4 Å². The van der Waals surface area contributed by atoms with E-state index in [1.165, 1.54) is 13.1 Å². The van der Waals surface area contributed by atoms with Gasteiger partial charge < -0.3 is 21.1 Å². The summed E-state index contributed by atoms with van der Waals surface area (Å²) < 4.78 is 85.4. The highest BCUT2D eigenvalue weighted by atomic mass is 35.5. The summed E-state index contributed by atoms with van der Waals surface area (Å²) in [7, 11) is 0. The molecule has 0 aliphatic heterocycles. The lowest BCUT2D eigenvalue weighted by molar-refractivity contribution is -0.141. The van der Waals surface area contributed by atoms with Gasteiger partial charge in [-0.25, -0.2) is 24.4 Å². The number of hydrogen-bond acceptors (Lipinski definition) is 6. The normalized spacial score (nSPS) is 12.5. The zero-order chi connectivity index (χ0) is 32.9. The molecule has 0 aliphatic rings. The predicted octanol–water partition coefficient (Wildman–Crippen LogP) is 7.33. The lowest BCUT2D eigenvalue weighted by Crippen LogP contribution is -2.28. The molecule has 2 aromatic heterocycles. The second kappa shape index (κ2) is 13.1. The van der Waals surface area contributed by atoms with Crippen LogP contribution < -0.4 is 21.1 Å². The summed E-state index contributed by atoms with van der Waals surface area (Å²) in [5.41, 5.74) is 4.18. The number of nitrogen functional groups attached to an aromatic ring is 1. The summed E-state index contributed by atoms with van der Waals surface area (Å²) in [6, 6.07) is 9.74. The number of hydrogen-bond donors (Lipinski definition) is 3. The number of benzene rings is 2. The van der Waals surface area contributed by atoms with Crippen molar-refractivity contribution in [1.82, 2.24) is 20.1 Å². The van der Waals surface area contributed by atoms with Crippen LogP contribution in [0.4, 0.5) is 42.6 Å². The number of amides is 2. The number of alkyl halides is 6. The van der Waals surface area contributed by atoms with Crippen molar-refractivity contribution in [2.45, 2.75) is 19.3 Å². The number of nitrogens with one attached hydrogen (secondary N) is 2. The molecule has 234 valence electrons. The molecule has 2 heterocycles. The molecule has 0 saturated carbocycles. The molecule has 0 unspecified atom stereocenters. The first-order valence-electron chi connectivity index (χ1n) is 12.5. The largest absolute Gasteiger partial charge is 0.435 e. The second-order valence-electron chi connectivity index (χ2n) is 9.05. The molecule has 0 bridgehead atoms. The first-order chi connectivity index (χ1) is 21.1. The number of ether oxygens (including phenoxy) is 1. The van der Waals surface area contributed by atoms with Gasteiger partial charge in [-0.15, -0.1) is 0 Å². The number of carbonyl (C=O) groups excluding carboxylic acids is 1. The van der Waals surface area contributed by atoms with Crippen LogP contribution >= 0.6 is 11.6 Å². The van der Waals surface area contributed by atoms with Crippen molar-refractivity contribution in [3.63, 3.8) is 0 Å². The maximum atomic E-state index is 13.3. The average Bonchev–Trinajstić information content (AvgIpc) is 3.47. The Morgan fingerprint density at radius 2 is 1.78 bits per heavy atom. The number of nitrogens with two attached hydrogens (primary N) is 1. The molecule has 0 spiro atoms. The van der Waals surface area contributed by atoms with Crippen LogP contribution in [0.3, 0.4) is 0 Å². The Kier molecular flexibility index (Phi) is 9.46. The molecular weight excluding hydrogens is 630 g/mol. The van der Waals surface area contributed by atoms with Crippen LogP contribution in [-0.4, -0.2) is 33.5 Å². The third-order valence-corrected chi connectivity index (χ3v) is 5.98. The number of urea groups is 1. The van der Waals surface area contributed by atoms with E-state index < -0.39 is 35.3 Å². The van der Waals surface area contributed by atoms with Gasteiger partial charge in [0, 0.05) is 23.7 Å². The van der Waals surface area contributed by atoms with Crippen LogP contribution in [0.1, 0.15) is 18.2 Å². The van der Waals surface area contributed by atoms with Crippen molar-refractivity contribution in [1.29, 1.82) is 0 Å². The van der Waals surface area contributed by atoms with E-state index in [0.29, 0.717) is 44.8 Å². The monoisotopic (exact) mass is 650 g/mol. The van der Waals surface area contributed by atoms with Crippen LogP contribution in [-0.2, 0) is 12.4 Å². The smallest absolute Gasteiger partial charge is 0.424 e. The van der Waals surface area contributed by atoms with Gasteiger partial charge in [0.05, 0.1) is 28.2 Å². The number of allylic oxidation sites excluding steroid dienone is 1. The van der Waals surface area contributed by atoms with Crippen LogP contribution in [0.2, 0.25) is 5.02 Å². The number of aromatic nitrogens is 3. The third-order valence-electron chi connectivity index (χ3n) is 5.77. The highest BCUT2D eigenvalue weighted by Crippen LogP contribution is 2.34. The zero-order valence-electron chi connectivity index (χ0n) is 22.9. The van der Waals surface area contributed by atoms with E-state index in [2.05, 4.69) is 37.4 Å². The van der Waals surface area contributed by atoms with E-state index in [-0.39, 0.29) is 23.2 Å². The first kappa shape index (κ1) is 32.5. The molecule has 2 aromatic carbocycles. The second-order valence-corrected chi connectivity index (χ2v) is 9.48. The zero-order valence-corrected chi connectivity index (χ0v) is 23.7. The van der Waals surface area contributed by atoms with Gasteiger partial charge in [0.1, 0.15) is 11.6 Å². The number of rotatable bonds is 6. The number of aliphatic imine (C=N–C) groups is 2. The van der Waals surface area contributed by atoms with Crippen molar-refractivity contribution in [3.8, 4) is 22.6 Å². The summed E-state index contributed by atoms with van der Waals surface area (Å²) >= 11 is 6.00. The fourth-order valence-corrected chi connectivity index (χ4v) is 3.88. The van der Waals surface area contributed by atoms with Crippen LogP contribution in [0.5, 0.6) is 5.75 Å². The number of pyridine rings is 1. The van der Waals surface area contributed by atoms with E-state index in [4.69, 9.17) is 22.1 Å². The van der Waals surface area contributed by atoms with Crippen molar-refractivity contribution in [2.75, 3.05) is 11.1 Å². The Morgan fingerprint density at radius 3 is 2.40 bits per heavy atom. The van der Waals surface area contributed by atoms with Gasteiger partial charge in [0.2, 0.25) is 0 Å². The summed E-state index contributed by atoms with van der Waals surface area (Å²) in [6.07, 6.45) is -6.14. The number of nitrogens with zero attached hydrogens (tertiary/aromatic N) is 5. The van der Waals surface area contributed by atoms with Gasteiger partial charge in [0.25, 0.3) is 0 Å². The van der Waals surface area contributed by atoms with E-state index in [1.807, 2.05) is 0 Å². The molecule has 4 aromatic rings. The van der Waals surface area contributed by atoms with E-state index >= 15 is 0 Å². The summed E-state index contributed by atoms with van der Waals surface area (Å²) in [5, 5.41) is 8.30. The SMILES string of the molecule is C=N/C(=N\C=C(/C)NC(=O)Nc1cc(C(F)(F)F)ccc1-n1ccc(C(F)(F)F)n1)Oc1ccc(-c2cc(Cl)cnc2N)cc1. The Morgan fingerprint density at radius 1 is 1.07 bits per heavy atom. The topological polar surface area (TPSA) is 132 Å². The minimum absolute atomic E-state index is 0.0866. The van der Waals surface area contributed by atoms with Crippen LogP contribution in [0.25, 0.3) is 16.8 Å². The Balaban J connectivity index is 1.48. The van der Waals surface area contributed by atoms with Crippen LogP contribution in [0.15, 0.2) is 88.9 Å². The standard InChI is InChI=1S/C28H21ClF6N8O2/c1-15(13-39-26(37-2)45-19-6-3-16(4-7-19)20-12-18(29)14-38-24(20)36)40-25(44)41-21-11-17(27(30,31)32)5-8-22(21)43-10-9-23(42-43)28(33,34)35/h3-14H,2H2,1H3,(H2,36,38)(H2,40,41,44)/b15-13+,39-26+. The molecule has 0 aliphatic carbocycles. The molecule has 4 rings (SSSR count). The Bertz CT molecular complexity index is 1780. The minimum atomic E-state index is -4.80. The molecule has 10 nitrogen and oxygen atoms in total. The number of amidine groups is 1.